The molecule has 0 heterocycles. The van der Waals surface area contributed by atoms with Gasteiger partial charge < -0.3 is 20.1 Å². The zero-order valence-corrected chi connectivity index (χ0v) is 17.6. The molecule has 0 unspecified atom stereocenters. The van der Waals surface area contributed by atoms with Crippen molar-refractivity contribution >= 4 is 39.5 Å². The van der Waals surface area contributed by atoms with Crippen LogP contribution in [0.4, 0.5) is 5.69 Å². The van der Waals surface area contributed by atoms with Gasteiger partial charge in [-0.25, -0.2) is 0 Å². The average molecular weight is 447 g/mol. The van der Waals surface area contributed by atoms with Gasteiger partial charge in [0.1, 0.15) is 11.5 Å². The molecule has 0 aromatic heterocycles. The van der Waals surface area contributed by atoms with Crippen molar-refractivity contribution in [1.29, 1.82) is 0 Å². The second-order valence-corrected chi connectivity index (χ2v) is 6.94. The van der Waals surface area contributed by atoms with Crippen LogP contribution in [0.15, 0.2) is 46.9 Å². The van der Waals surface area contributed by atoms with E-state index < -0.39 is 0 Å². The van der Waals surface area contributed by atoms with E-state index in [1.807, 2.05) is 25.1 Å². The Kier molecular flexibility index (Phi) is 8.07. The summed E-state index contributed by atoms with van der Waals surface area (Å²) in [5, 5.41) is 5.54. The zero-order valence-electron chi connectivity index (χ0n) is 16.0. The number of anilines is 1. The number of methoxy groups -OCH3 is 2. The molecule has 2 amide bonds. The van der Waals surface area contributed by atoms with Crippen molar-refractivity contribution in [3.05, 3.63) is 58.1 Å². The van der Waals surface area contributed by atoms with Gasteiger partial charge in [-0.05, 0) is 48.4 Å². The molecule has 2 rings (SSSR count). The third-order valence-corrected chi connectivity index (χ3v) is 4.42. The summed E-state index contributed by atoms with van der Waals surface area (Å²) in [6.45, 7) is 2.16. The molecule has 6 nitrogen and oxygen atoms in total. The maximum atomic E-state index is 12.1. The van der Waals surface area contributed by atoms with Gasteiger partial charge in [0.2, 0.25) is 11.8 Å². The van der Waals surface area contributed by atoms with Gasteiger partial charge in [0, 0.05) is 35.3 Å². The monoisotopic (exact) mass is 446 g/mol. The lowest BCUT2D eigenvalue weighted by Gasteiger charge is -2.09. The van der Waals surface area contributed by atoms with Crippen LogP contribution < -0.4 is 20.1 Å². The number of halogens is 1. The molecular formula is C21H23BrN2O4. The highest BCUT2D eigenvalue weighted by Crippen LogP contribution is 2.23. The fourth-order valence-corrected chi connectivity index (χ4v) is 2.76. The van der Waals surface area contributed by atoms with Gasteiger partial charge in [-0.15, -0.1) is 0 Å². The van der Waals surface area contributed by atoms with E-state index in [0.717, 1.165) is 21.3 Å². The normalized spacial score (nSPS) is 10.6. The quantitative estimate of drug-likeness (QED) is 0.602. The molecule has 28 heavy (non-hydrogen) atoms. The van der Waals surface area contributed by atoms with Gasteiger partial charge in [-0.2, -0.15) is 0 Å². The van der Waals surface area contributed by atoms with Crippen LogP contribution in [-0.4, -0.2) is 32.6 Å². The predicted molar refractivity (Wildman–Crippen MR) is 114 cm³/mol. The minimum Gasteiger partial charge on any atom is -0.497 e. The fourth-order valence-electron chi connectivity index (χ4n) is 2.40. The summed E-state index contributed by atoms with van der Waals surface area (Å²) >= 11 is 3.38. The molecular weight excluding hydrogens is 424 g/mol. The standard InChI is InChI=1S/C21H23BrN2O4/c1-14-4-6-16(22)12-19(14)24-21(26)8-9-23-20(25)7-5-15-10-17(27-2)13-18(11-15)28-3/h4-7,10-13H,8-9H2,1-3H3,(H,23,25)(H,24,26)/b7-5+. The lowest BCUT2D eigenvalue weighted by atomic mass is 10.2. The molecule has 2 aromatic rings. The number of benzene rings is 2. The Bertz CT molecular complexity index is 858. The van der Waals surface area contributed by atoms with E-state index in [1.165, 1.54) is 6.08 Å². The summed E-state index contributed by atoms with van der Waals surface area (Å²) < 4.78 is 11.3. The number of carbonyl (C=O) groups is 2. The van der Waals surface area contributed by atoms with Gasteiger partial charge in [0.25, 0.3) is 0 Å². The first kappa shape index (κ1) is 21.5. The molecule has 0 saturated heterocycles. The van der Waals surface area contributed by atoms with Gasteiger partial charge in [0.05, 0.1) is 14.2 Å². The van der Waals surface area contributed by atoms with Crippen LogP contribution in [0, 0.1) is 6.92 Å². The van der Waals surface area contributed by atoms with E-state index in [4.69, 9.17) is 9.47 Å². The number of rotatable bonds is 8. The molecule has 7 heteroatoms. The summed E-state index contributed by atoms with van der Waals surface area (Å²) in [4.78, 5) is 24.0. The second-order valence-electron chi connectivity index (χ2n) is 6.03. The van der Waals surface area contributed by atoms with Crippen LogP contribution in [0.5, 0.6) is 11.5 Å². The highest BCUT2D eigenvalue weighted by Gasteiger charge is 2.06. The van der Waals surface area contributed by atoms with E-state index in [1.54, 1.807) is 38.5 Å². The van der Waals surface area contributed by atoms with Gasteiger partial charge in [-0.1, -0.05) is 22.0 Å². The van der Waals surface area contributed by atoms with E-state index in [-0.39, 0.29) is 24.8 Å². The summed E-state index contributed by atoms with van der Waals surface area (Å²) in [6, 6.07) is 11.0. The van der Waals surface area contributed by atoms with Gasteiger partial charge >= 0.3 is 0 Å². The molecule has 0 aliphatic heterocycles. The van der Waals surface area contributed by atoms with Crippen LogP contribution in [0.2, 0.25) is 0 Å². The van der Waals surface area contributed by atoms with Crippen molar-refractivity contribution in [3.63, 3.8) is 0 Å². The van der Waals surface area contributed by atoms with Crippen LogP contribution in [0.25, 0.3) is 6.08 Å². The molecule has 0 aliphatic carbocycles. The Hall–Kier alpha value is -2.80. The highest BCUT2D eigenvalue weighted by molar-refractivity contribution is 9.10. The summed E-state index contributed by atoms with van der Waals surface area (Å²) in [6.07, 6.45) is 3.24. The van der Waals surface area contributed by atoms with Crippen molar-refractivity contribution in [2.24, 2.45) is 0 Å². The van der Waals surface area contributed by atoms with Crippen molar-refractivity contribution in [3.8, 4) is 11.5 Å². The lowest BCUT2D eigenvalue weighted by molar-refractivity contribution is -0.117. The third kappa shape index (κ3) is 6.74. The second kappa shape index (κ2) is 10.5. The lowest BCUT2D eigenvalue weighted by Crippen LogP contribution is -2.26. The first-order chi connectivity index (χ1) is 13.4. The van der Waals surface area contributed by atoms with Crippen molar-refractivity contribution < 1.29 is 19.1 Å². The zero-order chi connectivity index (χ0) is 20.5. The molecule has 0 spiro atoms. The highest BCUT2D eigenvalue weighted by atomic mass is 79.9. The van der Waals surface area contributed by atoms with E-state index in [0.29, 0.717) is 11.5 Å². The number of carbonyl (C=O) groups excluding carboxylic acids is 2. The Balaban J connectivity index is 1.83. The van der Waals surface area contributed by atoms with Gasteiger partial charge in [0.15, 0.2) is 0 Å². The van der Waals surface area contributed by atoms with E-state index in [2.05, 4.69) is 26.6 Å². The molecule has 0 radical (unpaired) electrons. The first-order valence-electron chi connectivity index (χ1n) is 8.66. The Labute approximate surface area is 173 Å². The molecule has 148 valence electrons. The largest absolute Gasteiger partial charge is 0.497 e. The number of amides is 2. The first-order valence-corrected chi connectivity index (χ1v) is 9.45. The van der Waals surface area contributed by atoms with Crippen LogP contribution in [0.3, 0.4) is 0 Å². The van der Waals surface area contributed by atoms with Crippen LogP contribution >= 0.6 is 15.9 Å². The molecule has 0 saturated carbocycles. The molecule has 2 aromatic carbocycles. The van der Waals surface area contributed by atoms with Crippen molar-refractivity contribution in [2.45, 2.75) is 13.3 Å². The van der Waals surface area contributed by atoms with Crippen LogP contribution in [-0.2, 0) is 9.59 Å². The smallest absolute Gasteiger partial charge is 0.244 e. The predicted octanol–water partition coefficient (Wildman–Crippen LogP) is 3.93. The maximum absolute atomic E-state index is 12.1. The Morgan fingerprint density at radius 1 is 1.07 bits per heavy atom. The number of aryl methyl sites for hydroxylation is 1. The van der Waals surface area contributed by atoms with Crippen molar-refractivity contribution in [2.75, 3.05) is 26.1 Å². The molecule has 0 fully saturated rings. The molecule has 0 atom stereocenters. The average Bonchev–Trinajstić information content (AvgIpc) is 2.68. The minimum absolute atomic E-state index is 0.164. The summed E-state index contributed by atoms with van der Waals surface area (Å²) in [5.41, 5.74) is 2.49. The minimum atomic E-state index is -0.284. The molecule has 0 aliphatic rings. The Morgan fingerprint density at radius 3 is 2.39 bits per heavy atom. The molecule has 0 bridgehead atoms. The number of hydrogen-bond acceptors (Lipinski definition) is 4. The number of ether oxygens (including phenoxy) is 2. The maximum Gasteiger partial charge on any atom is 0.244 e. The summed E-state index contributed by atoms with van der Waals surface area (Å²) in [7, 11) is 3.13. The van der Waals surface area contributed by atoms with E-state index in [9.17, 15) is 9.59 Å². The van der Waals surface area contributed by atoms with Crippen molar-refractivity contribution in [1.82, 2.24) is 5.32 Å². The van der Waals surface area contributed by atoms with Crippen LogP contribution in [0.1, 0.15) is 17.5 Å². The van der Waals surface area contributed by atoms with Gasteiger partial charge in [-0.3, -0.25) is 9.59 Å². The Morgan fingerprint density at radius 2 is 1.75 bits per heavy atom. The number of hydrogen-bond donors (Lipinski definition) is 2. The van der Waals surface area contributed by atoms with E-state index >= 15 is 0 Å². The number of nitrogens with one attached hydrogen (secondary N) is 2. The third-order valence-electron chi connectivity index (χ3n) is 3.93. The fraction of sp³-hybridized carbons (Fsp3) is 0.238. The topological polar surface area (TPSA) is 76.7 Å². The summed E-state index contributed by atoms with van der Waals surface area (Å²) in [5.74, 6) is 0.828. The molecule has 2 N–H and O–H groups in total. The SMILES string of the molecule is COc1cc(/C=C/C(=O)NCCC(=O)Nc2cc(Br)ccc2C)cc(OC)c1.